The summed E-state index contributed by atoms with van der Waals surface area (Å²) >= 11 is 9.57. The van der Waals surface area contributed by atoms with E-state index in [4.69, 9.17) is 17.3 Å². The van der Waals surface area contributed by atoms with E-state index in [-0.39, 0.29) is 6.04 Å². The number of hydrogen-bond acceptors (Lipinski definition) is 2. The van der Waals surface area contributed by atoms with Crippen LogP contribution >= 0.6 is 27.5 Å². The maximum absolute atomic E-state index is 6.34. The predicted molar refractivity (Wildman–Crippen MR) is 88.7 cm³/mol. The van der Waals surface area contributed by atoms with Crippen molar-refractivity contribution in [3.05, 3.63) is 81.5 Å². The lowest BCUT2D eigenvalue weighted by Gasteiger charge is -2.12. The number of aromatic nitrogens is 2. The van der Waals surface area contributed by atoms with Gasteiger partial charge in [0, 0.05) is 21.3 Å². The van der Waals surface area contributed by atoms with E-state index in [0.29, 0.717) is 5.02 Å². The second-order valence-electron chi connectivity index (χ2n) is 4.70. The SMILES string of the molecule is NC(c1cnn(-c2ccccc2)c1)c1cc(Cl)ccc1Br. The Kier molecular flexibility index (Phi) is 4.10. The second-order valence-corrected chi connectivity index (χ2v) is 5.99. The zero-order valence-electron chi connectivity index (χ0n) is 11.1. The maximum atomic E-state index is 6.34. The summed E-state index contributed by atoms with van der Waals surface area (Å²) in [4.78, 5) is 0. The predicted octanol–water partition coefficient (Wildman–Crippen LogP) is 4.34. The first-order chi connectivity index (χ1) is 10.1. The van der Waals surface area contributed by atoms with Gasteiger partial charge in [-0.2, -0.15) is 5.10 Å². The van der Waals surface area contributed by atoms with Crippen LogP contribution in [0.4, 0.5) is 0 Å². The van der Waals surface area contributed by atoms with Gasteiger partial charge in [0.25, 0.3) is 0 Å². The van der Waals surface area contributed by atoms with Crippen LogP contribution in [0.15, 0.2) is 65.4 Å². The number of para-hydroxylation sites is 1. The van der Waals surface area contributed by atoms with Gasteiger partial charge in [-0.15, -0.1) is 0 Å². The summed E-state index contributed by atoms with van der Waals surface area (Å²) in [6, 6.07) is 15.2. The molecule has 0 fully saturated rings. The van der Waals surface area contributed by atoms with Crippen molar-refractivity contribution in [3.63, 3.8) is 0 Å². The first-order valence-corrected chi connectivity index (χ1v) is 7.63. The van der Waals surface area contributed by atoms with Gasteiger partial charge < -0.3 is 5.73 Å². The molecule has 5 heteroatoms. The number of nitrogens with two attached hydrogens (primary N) is 1. The average molecular weight is 363 g/mol. The minimum Gasteiger partial charge on any atom is -0.320 e. The quantitative estimate of drug-likeness (QED) is 0.753. The summed E-state index contributed by atoms with van der Waals surface area (Å²) in [6.45, 7) is 0. The summed E-state index contributed by atoms with van der Waals surface area (Å²) < 4.78 is 2.75. The molecule has 0 aliphatic rings. The number of rotatable bonds is 3. The fourth-order valence-corrected chi connectivity index (χ4v) is 2.83. The lowest BCUT2D eigenvalue weighted by molar-refractivity contribution is 0.858. The van der Waals surface area contributed by atoms with Crippen LogP contribution in [0.3, 0.4) is 0 Å². The van der Waals surface area contributed by atoms with E-state index in [1.807, 2.05) is 59.4 Å². The highest BCUT2D eigenvalue weighted by Crippen LogP contribution is 2.29. The van der Waals surface area contributed by atoms with Crippen molar-refractivity contribution in [2.24, 2.45) is 5.73 Å². The average Bonchev–Trinajstić information content (AvgIpc) is 3.00. The van der Waals surface area contributed by atoms with E-state index >= 15 is 0 Å². The third-order valence-electron chi connectivity index (χ3n) is 3.28. The molecule has 0 saturated carbocycles. The number of hydrogen-bond donors (Lipinski definition) is 1. The molecule has 0 aliphatic heterocycles. The first kappa shape index (κ1) is 14.3. The Bertz CT molecular complexity index is 755. The van der Waals surface area contributed by atoms with Crippen LogP contribution < -0.4 is 5.73 Å². The molecule has 2 N–H and O–H groups in total. The van der Waals surface area contributed by atoms with Gasteiger partial charge in [0.2, 0.25) is 0 Å². The standard InChI is InChI=1S/C16H13BrClN3/c17-15-7-6-12(18)8-14(15)16(19)11-9-20-21(10-11)13-4-2-1-3-5-13/h1-10,16H,19H2. The fourth-order valence-electron chi connectivity index (χ4n) is 2.15. The molecular formula is C16H13BrClN3. The van der Waals surface area contributed by atoms with Crippen molar-refractivity contribution in [1.82, 2.24) is 9.78 Å². The third-order valence-corrected chi connectivity index (χ3v) is 4.23. The highest BCUT2D eigenvalue weighted by Gasteiger charge is 2.15. The van der Waals surface area contributed by atoms with Crippen LogP contribution in [0.1, 0.15) is 17.2 Å². The molecule has 1 unspecified atom stereocenters. The summed E-state index contributed by atoms with van der Waals surface area (Å²) in [6.07, 6.45) is 3.72. The van der Waals surface area contributed by atoms with Crippen molar-refractivity contribution < 1.29 is 0 Å². The molecule has 0 bridgehead atoms. The monoisotopic (exact) mass is 361 g/mol. The van der Waals surface area contributed by atoms with Crippen LogP contribution in [0, 0.1) is 0 Å². The molecule has 0 aliphatic carbocycles. The zero-order valence-corrected chi connectivity index (χ0v) is 13.4. The van der Waals surface area contributed by atoms with Crippen molar-refractivity contribution >= 4 is 27.5 Å². The van der Waals surface area contributed by atoms with E-state index in [1.165, 1.54) is 0 Å². The largest absolute Gasteiger partial charge is 0.320 e. The number of halogens is 2. The molecule has 0 radical (unpaired) electrons. The van der Waals surface area contributed by atoms with E-state index in [0.717, 1.165) is 21.3 Å². The summed E-state index contributed by atoms with van der Waals surface area (Å²) in [5.74, 6) is 0. The van der Waals surface area contributed by atoms with E-state index in [2.05, 4.69) is 21.0 Å². The molecular weight excluding hydrogens is 350 g/mol. The molecule has 21 heavy (non-hydrogen) atoms. The molecule has 0 amide bonds. The van der Waals surface area contributed by atoms with Gasteiger partial charge in [0.15, 0.2) is 0 Å². The molecule has 0 spiro atoms. The van der Waals surface area contributed by atoms with Crippen LogP contribution in [-0.4, -0.2) is 9.78 Å². The lowest BCUT2D eigenvalue weighted by Crippen LogP contribution is -2.11. The zero-order chi connectivity index (χ0) is 14.8. The van der Waals surface area contributed by atoms with Gasteiger partial charge in [-0.05, 0) is 35.9 Å². The topological polar surface area (TPSA) is 43.8 Å². The maximum Gasteiger partial charge on any atom is 0.0645 e. The Hall–Kier alpha value is -1.62. The van der Waals surface area contributed by atoms with Gasteiger partial charge >= 0.3 is 0 Å². The van der Waals surface area contributed by atoms with Crippen LogP contribution in [0.25, 0.3) is 5.69 Å². The minimum absolute atomic E-state index is 0.282. The summed E-state index contributed by atoms with van der Waals surface area (Å²) in [5.41, 5.74) is 9.21. The van der Waals surface area contributed by atoms with Crippen LogP contribution in [0.2, 0.25) is 5.02 Å². The van der Waals surface area contributed by atoms with E-state index in [9.17, 15) is 0 Å². The minimum atomic E-state index is -0.282. The Balaban J connectivity index is 1.94. The highest BCUT2D eigenvalue weighted by molar-refractivity contribution is 9.10. The van der Waals surface area contributed by atoms with Gasteiger partial charge in [-0.3, -0.25) is 0 Å². The molecule has 0 saturated heterocycles. The molecule has 106 valence electrons. The fraction of sp³-hybridized carbons (Fsp3) is 0.0625. The Morgan fingerprint density at radius 2 is 1.90 bits per heavy atom. The summed E-state index contributed by atoms with van der Waals surface area (Å²) in [7, 11) is 0. The van der Waals surface area contributed by atoms with Crippen LogP contribution in [0.5, 0.6) is 0 Å². The van der Waals surface area contributed by atoms with Crippen molar-refractivity contribution in [2.45, 2.75) is 6.04 Å². The van der Waals surface area contributed by atoms with Gasteiger partial charge in [-0.1, -0.05) is 45.7 Å². The van der Waals surface area contributed by atoms with Gasteiger partial charge in [0.1, 0.15) is 0 Å². The highest BCUT2D eigenvalue weighted by atomic mass is 79.9. The number of benzene rings is 2. The smallest absolute Gasteiger partial charge is 0.0645 e. The Morgan fingerprint density at radius 1 is 1.14 bits per heavy atom. The Labute approximate surface area is 136 Å². The lowest BCUT2D eigenvalue weighted by atomic mass is 10.0. The molecule has 2 aromatic carbocycles. The van der Waals surface area contributed by atoms with Gasteiger partial charge in [0.05, 0.1) is 17.9 Å². The van der Waals surface area contributed by atoms with Crippen molar-refractivity contribution in [3.8, 4) is 5.69 Å². The van der Waals surface area contributed by atoms with Crippen LogP contribution in [-0.2, 0) is 0 Å². The van der Waals surface area contributed by atoms with Crippen molar-refractivity contribution in [1.29, 1.82) is 0 Å². The molecule has 1 atom stereocenters. The molecule has 3 nitrogen and oxygen atoms in total. The van der Waals surface area contributed by atoms with Gasteiger partial charge in [-0.25, -0.2) is 4.68 Å². The van der Waals surface area contributed by atoms with E-state index in [1.54, 1.807) is 6.20 Å². The normalized spacial score (nSPS) is 12.3. The second kappa shape index (κ2) is 6.02. The number of nitrogens with zero attached hydrogens (tertiary/aromatic N) is 2. The molecule has 3 aromatic rings. The summed E-state index contributed by atoms with van der Waals surface area (Å²) in [5, 5.41) is 5.04. The molecule has 1 heterocycles. The first-order valence-electron chi connectivity index (χ1n) is 6.45. The van der Waals surface area contributed by atoms with Crippen molar-refractivity contribution in [2.75, 3.05) is 0 Å². The molecule has 3 rings (SSSR count). The Morgan fingerprint density at radius 3 is 2.67 bits per heavy atom. The molecule has 1 aromatic heterocycles. The third kappa shape index (κ3) is 3.02. The van der Waals surface area contributed by atoms with E-state index < -0.39 is 0 Å².